The Morgan fingerprint density at radius 3 is 2.83 bits per heavy atom. The molecule has 3 heterocycles. The SMILES string of the molecule is CC(C)(C)OC(=O)N1CCCN(c2ncnc3sccc23)CC1. The van der Waals surface area contributed by atoms with E-state index >= 15 is 0 Å². The number of aromatic nitrogens is 2. The van der Waals surface area contributed by atoms with Crippen LogP contribution in [0.25, 0.3) is 10.2 Å². The zero-order valence-corrected chi connectivity index (χ0v) is 14.6. The molecule has 0 radical (unpaired) electrons. The van der Waals surface area contributed by atoms with Gasteiger partial charge in [0.25, 0.3) is 0 Å². The van der Waals surface area contributed by atoms with Crippen molar-refractivity contribution in [2.45, 2.75) is 32.8 Å². The second kappa shape index (κ2) is 6.31. The van der Waals surface area contributed by atoms with Crippen LogP contribution in [0.4, 0.5) is 10.6 Å². The summed E-state index contributed by atoms with van der Waals surface area (Å²) in [4.78, 5) is 26.0. The quantitative estimate of drug-likeness (QED) is 0.802. The molecule has 23 heavy (non-hydrogen) atoms. The van der Waals surface area contributed by atoms with Gasteiger partial charge in [-0.05, 0) is 38.6 Å². The van der Waals surface area contributed by atoms with Crippen molar-refractivity contribution in [1.29, 1.82) is 0 Å². The fourth-order valence-electron chi connectivity index (χ4n) is 2.67. The Hall–Kier alpha value is -1.89. The fraction of sp³-hybridized carbons (Fsp3) is 0.562. The average Bonchev–Trinajstić information content (AvgIpc) is 2.81. The Morgan fingerprint density at radius 2 is 2.04 bits per heavy atom. The van der Waals surface area contributed by atoms with Gasteiger partial charge in [-0.1, -0.05) is 0 Å². The van der Waals surface area contributed by atoms with E-state index in [1.165, 1.54) is 0 Å². The van der Waals surface area contributed by atoms with E-state index in [4.69, 9.17) is 4.74 Å². The molecule has 6 nitrogen and oxygen atoms in total. The molecule has 3 rings (SSSR count). The normalized spacial score (nSPS) is 16.5. The molecule has 0 aliphatic carbocycles. The Kier molecular flexibility index (Phi) is 4.39. The number of rotatable bonds is 1. The van der Waals surface area contributed by atoms with Crippen molar-refractivity contribution >= 4 is 33.5 Å². The number of ether oxygens (including phenoxy) is 1. The van der Waals surface area contributed by atoms with Crippen LogP contribution < -0.4 is 4.90 Å². The van der Waals surface area contributed by atoms with Crippen molar-refractivity contribution in [2.75, 3.05) is 31.1 Å². The number of hydrogen-bond acceptors (Lipinski definition) is 6. The monoisotopic (exact) mass is 334 g/mol. The molecule has 124 valence electrons. The molecule has 2 aromatic heterocycles. The molecule has 2 aromatic rings. The Balaban J connectivity index is 1.71. The molecule has 0 bridgehead atoms. The maximum atomic E-state index is 12.2. The summed E-state index contributed by atoms with van der Waals surface area (Å²) < 4.78 is 5.48. The third-order valence-electron chi connectivity index (χ3n) is 3.69. The maximum absolute atomic E-state index is 12.2. The van der Waals surface area contributed by atoms with Crippen molar-refractivity contribution < 1.29 is 9.53 Å². The van der Waals surface area contributed by atoms with Gasteiger partial charge in [0.2, 0.25) is 0 Å². The predicted octanol–water partition coefficient (Wildman–Crippen LogP) is 3.14. The van der Waals surface area contributed by atoms with E-state index < -0.39 is 5.60 Å². The summed E-state index contributed by atoms with van der Waals surface area (Å²) in [6.07, 6.45) is 2.28. The number of hydrogen-bond donors (Lipinski definition) is 0. The molecule has 0 aromatic carbocycles. The van der Waals surface area contributed by atoms with Crippen LogP contribution in [0.15, 0.2) is 17.8 Å². The van der Waals surface area contributed by atoms with E-state index in [2.05, 4.69) is 20.9 Å². The van der Waals surface area contributed by atoms with Gasteiger partial charge in [-0.15, -0.1) is 11.3 Å². The topological polar surface area (TPSA) is 58.6 Å². The maximum Gasteiger partial charge on any atom is 0.410 e. The van der Waals surface area contributed by atoms with Crippen LogP contribution in [0.5, 0.6) is 0 Å². The molecule has 7 heteroatoms. The summed E-state index contributed by atoms with van der Waals surface area (Å²) in [6.45, 7) is 8.66. The first kappa shape index (κ1) is 16.0. The average molecular weight is 334 g/mol. The Morgan fingerprint density at radius 1 is 1.22 bits per heavy atom. The van der Waals surface area contributed by atoms with Crippen LogP contribution in [0.2, 0.25) is 0 Å². The van der Waals surface area contributed by atoms with Gasteiger partial charge in [-0.25, -0.2) is 14.8 Å². The van der Waals surface area contributed by atoms with Crippen molar-refractivity contribution in [3.63, 3.8) is 0 Å². The highest BCUT2D eigenvalue weighted by atomic mass is 32.1. The van der Waals surface area contributed by atoms with Gasteiger partial charge in [-0.3, -0.25) is 0 Å². The highest BCUT2D eigenvalue weighted by Gasteiger charge is 2.25. The third kappa shape index (κ3) is 3.72. The molecule has 0 unspecified atom stereocenters. The third-order valence-corrected chi connectivity index (χ3v) is 4.51. The van der Waals surface area contributed by atoms with E-state index in [0.29, 0.717) is 13.1 Å². The first-order valence-corrected chi connectivity index (χ1v) is 8.73. The lowest BCUT2D eigenvalue weighted by Gasteiger charge is -2.26. The first-order valence-electron chi connectivity index (χ1n) is 7.85. The highest BCUT2D eigenvalue weighted by molar-refractivity contribution is 7.16. The number of nitrogens with zero attached hydrogens (tertiary/aromatic N) is 4. The van der Waals surface area contributed by atoms with Crippen LogP contribution in [0, 0.1) is 0 Å². The lowest BCUT2D eigenvalue weighted by Crippen LogP contribution is -2.39. The van der Waals surface area contributed by atoms with Crippen LogP contribution in [-0.4, -0.2) is 52.7 Å². The molecule has 0 saturated carbocycles. The molecule has 1 aliphatic rings. The molecule has 0 atom stereocenters. The van der Waals surface area contributed by atoms with Gasteiger partial charge < -0.3 is 14.5 Å². The van der Waals surface area contributed by atoms with Gasteiger partial charge in [0.05, 0.1) is 5.39 Å². The van der Waals surface area contributed by atoms with Gasteiger partial charge in [0.15, 0.2) is 0 Å². The summed E-state index contributed by atoms with van der Waals surface area (Å²) in [5.74, 6) is 0.960. The smallest absolute Gasteiger partial charge is 0.410 e. The largest absolute Gasteiger partial charge is 0.444 e. The lowest BCUT2D eigenvalue weighted by molar-refractivity contribution is 0.0263. The summed E-state index contributed by atoms with van der Waals surface area (Å²) in [6, 6.07) is 2.06. The van der Waals surface area contributed by atoms with Crippen molar-refractivity contribution in [2.24, 2.45) is 0 Å². The molecule has 1 saturated heterocycles. The summed E-state index contributed by atoms with van der Waals surface area (Å²) in [5.41, 5.74) is -0.460. The van der Waals surface area contributed by atoms with Crippen LogP contribution in [0.3, 0.4) is 0 Å². The summed E-state index contributed by atoms with van der Waals surface area (Å²) in [5, 5.41) is 3.12. The van der Waals surface area contributed by atoms with Crippen LogP contribution in [-0.2, 0) is 4.74 Å². The fourth-order valence-corrected chi connectivity index (χ4v) is 3.39. The molecule has 0 spiro atoms. The molecular formula is C16H22N4O2S. The standard InChI is InChI=1S/C16H22N4O2S/c1-16(2,3)22-15(21)20-7-4-6-19(8-9-20)13-12-5-10-23-14(12)18-11-17-13/h5,10-11H,4,6-9H2,1-3H3. The second-order valence-electron chi connectivity index (χ2n) is 6.64. The van der Waals surface area contributed by atoms with Gasteiger partial charge in [-0.2, -0.15) is 0 Å². The molecule has 0 N–H and O–H groups in total. The highest BCUT2D eigenvalue weighted by Crippen LogP contribution is 2.27. The van der Waals surface area contributed by atoms with Crippen LogP contribution >= 0.6 is 11.3 Å². The van der Waals surface area contributed by atoms with Gasteiger partial charge >= 0.3 is 6.09 Å². The van der Waals surface area contributed by atoms with Crippen molar-refractivity contribution in [3.8, 4) is 0 Å². The molecule has 1 aliphatic heterocycles. The van der Waals surface area contributed by atoms with E-state index in [0.717, 1.165) is 35.5 Å². The van der Waals surface area contributed by atoms with E-state index in [9.17, 15) is 4.79 Å². The number of anilines is 1. The second-order valence-corrected chi connectivity index (χ2v) is 7.54. The zero-order valence-electron chi connectivity index (χ0n) is 13.8. The molecule has 1 amide bonds. The Labute approximate surface area is 140 Å². The summed E-state index contributed by atoms with van der Waals surface area (Å²) >= 11 is 1.62. The number of carbonyl (C=O) groups excluding carboxylic acids is 1. The van der Waals surface area contributed by atoms with E-state index in [-0.39, 0.29) is 6.09 Å². The van der Waals surface area contributed by atoms with Crippen molar-refractivity contribution in [3.05, 3.63) is 17.8 Å². The van der Waals surface area contributed by atoms with E-state index in [1.807, 2.05) is 26.2 Å². The zero-order chi connectivity index (χ0) is 16.4. The number of carbonyl (C=O) groups is 1. The number of amides is 1. The number of thiophene rings is 1. The molecular weight excluding hydrogens is 312 g/mol. The summed E-state index contributed by atoms with van der Waals surface area (Å²) in [7, 11) is 0. The first-order chi connectivity index (χ1) is 10.9. The minimum absolute atomic E-state index is 0.234. The van der Waals surface area contributed by atoms with E-state index in [1.54, 1.807) is 22.6 Å². The lowest BCUT2D eigenvalue weighted by atomic mass is 10.2. The Bertz CT molecular complexity index is 695. The predicted molar refractivity (Wildman–Crippen MR) is 92.1 cm³/mol. The van der Waals surface area contributed by atoms with Gasteiger partial charge in [0, 0.05) is 26.2 Å². The minimum atomic E-state index is -0.460. The van der Waals surface area contributed by atoms with Crippen LogP contribution in [0.1, 0.15) is 27.2 Å². The number of fused-ring (bicyclic) bond motifs is 1. The minimum Gasteiger partial charge on any atom is -0.444 e. The molecule has 1 fully saturated rings. The van der Waals surface area contributed by atoms with Gasteiger partial charge in [0.1, 0.15) is 22.6 Å². The van der Waals surface area contributed by atoms with Crippen molar-refractivity contribution in [1.82, 2.24) is 14.9 Å².